The quantitative estimate of drug-likeness (QED) is 0.628. The Morgan fingerprint density at radius 3 is 2.74 bits per heavy atom. The molecular weight excluding hydrogens is 300 g/mol. The number of nitrogens with zero attached hydrogens (tertiary/aromatic N) is 4. The molecule has 1 aromatic rings. The second-order valence-electron chi connectivity index (χ2n) is 6.49. The van der Waals surface area contributed by atoms with E-state index in [1.807, 2.05) is 25.7 Å². The van der Waals surface area contributed by atoms with Crippen molar-refractivity contribution in [2.75, 3.05) is 18.6 Å². The highest BCUT2D eigenvalue weighted by Crippen LogP contribution is 2.32. The van der Waals surface area contributed by atoms with Crippen LogP contribution in [0.25, 0.3) is 0 Å². The van der Waals surface area contributed by atoms with E-state index in [0.717, 1.165) is 12.8 Å². The third-order valence-corrected chi connectivity index (χ3v) is 3.87. The van der Waals surface area contributed by atoms with E-state index in [1.54, 1.807) is 11.1 Å². The van der Waals surface area contributed by atoms with Crippen LogP contribution in [0.3, 0.4) is 0 Å². The molecule has 0 radical (unpaired) electrons. The Kier molecular flexibility index (Phi) is 4.72. The molecule has 1 unspecified atom stereocenters. The number of carbonyl (C=O) groups excluding carboxylic acids is 1. The lowest BCUT2D eigenvalue weighted by molar-refractivity contribution is -0.385. The van der Waals surface area contributed by atoms with Crippen LogP contribution in [0, 0.1) is 10.1 Å². The van der Waals surface area contributed by atoms with E-state index in [1.165, 1.54) is 19.4 Å². The maximum Gasteiger partial charge on any atom is 0.411 e. The van der Waals surface area contributed by atoms with Gasteiger partial charge in [0.15, 0.2) is 0 Å². The Hall–Kier alpha value is -2.38. The van der Waals surface area contributed by atoms with Crippen molar-refractivity contribution in [3.63, 3.8) is 0 Å². The summed E-state index contributed by atoms with van der Waals surface area (Å²) in [6, 6.07) is 1.49. The number of nitro groups is 1. The molecule has 0 saturated carbocycles. The highest BCUT2D eigenvalue weighted by atomic mass is 16.6. The SMILES string of the molecule is COC(=O)N(C1CCCN1c1cncc([N+](=O)[O-])c1)C(C)(C)C. The number of methoxy groups -OCH3 is 1. The standard InChI is InChI=1S/C15H22N4O4/c1-15(2,3)18(14(20)23-4)13-6-5-7-17(13)11-8-12(19(21)22)10-16-9-11/h8-10,13H,5-7H2,1-4H3. The highest BCUT2D eigenvalue weighted by Gasteiger charge is 2.40. The van der Waals surface area contributed by atoms with Gasteiger partial charge in [0.2, 0.25) is 0 Å². The van der Waals surface area contributed by atoms with Gasteiger partial charge >= 0.3 is 6.09 Å². The molecular formula is C15H22N4O4. The molecule has 1 saturated heterocycles. The molecule has 1 fully saturated rings. The third kappa shape index (κ3) is 3.52. The molecule has 23 heavy (non-hydrogen) atoms. The van der Waals surface area contributed by atoms with E-state index >= 15 is 0 Å². The summed E-state index contributed by atoms with van der Waals surface area (Å²) in [4.78, 5) is 30.3. The molecule has 1 aliphatic heterocycles. The number of ether oxygens (including phenoxy) is 1. The van der Waals surface area contributed by atoms with Crippen LogP contribution >= 0.6 is 0 Å². The van der Waals surface area contributed by atoms with Crippen molar-refractivity contribution in [3.8, 4) is 0 Å². The average Bonchev–Trinajstić information content (AvgIpc) is 2.94. The Morgan fingerprint density at radius 2 is 2.17 bits per heavy atom. The van der Waals surface area contributed by atoms with Crippen LogP contribution in [0.2, 0.25) is 0 Å². The number of hydrogen-bond donors (Lipinski definition) is 0. The van der Waals surface area contributed by atoms with E-state index in [9.17, 15) is 14.9 Å². The fraction of sp³-hybridized carbons (Fsp3) is 0.600. The molecule has 0 aliphatic carbocycles. The normalized spacial score (nSPS) is 17.9. The lowest BCUT2D eigenvalue weighted by atomic mass is 10.1. The number of aromatic nitrogens is 1. The zero-order valence-corrected chi connectivity index (χ0v) is 13.9. The molecule has 126 valence electrons. The summed E-state index contributed by atoms with van der Waals surface area (Å²) in [5, 5.41) is 11.0. The average molecular weight is 322 g/mol. The number of rotatable bonds is 3. The number of carbonyl (C=O) groups is 1. The van der Waals surface area contributed by atoms with Crippen LogP contribution in [0.4, 0.5) is 16.2 Å². The molecule has 1 amide bonds. The molecule has 8 heteroatoms. The van der Waals surface area contributed by atoms with Crippen molar-refractivity contribution in [2.45, 2.75) is 45.3 Å². The minimum Gasteiger partial charge on any atom is -0.453 e. The van der Waals surface area contributed by atoms with Gasteiger partial charge in [0, 0.05) is 18.2 Å². The molecule has 0 N–H and O–H groups in total. The zero-order chi connectivity index (χ0) is 17.2. The molecule has 1 aromatic heterocycles. The van der Waals surface area contributed by atoms with Crippen LogP contribution in [0.15, 0.2) is 18.5 Å². The van der Waals surface area contributed by atoms with Crippen molar-refractivity contribution < 1.29 is 14.5 Å². The molecule has 1 atom stereocenters. The molecule has 0 aromatic carbocycles. The van der Waals surface area contributed by atoms with Gasteiger partial charge < -0.3 is 9.64 Å². The van der Waals surface area contributed by atoms with E-state index in [0.29, 0.717) is 12.2 Å². The second-order valence-corrected chi connectivity index (χ2v) is 6.49. The molecule has 2 rings (SSSR count). The van der Waals surface area contributed by atoms with Gasteiger partial charge in [-0.25, -0.2) is 4.79 Å². The van der Waals surface area contributed by atoms with Crippen molar-refractivity contribution in [2.24, 2.45) is 0 Å². The van der Waals surface area contributed by atoms with Gasteiger partial charge in [-0.3, -0.25) is 20.0 Å². The first kappa shape index (κ1) is 17.0. The number of hydrogen-bond acceptors (Lipinski definition) is 6. The van der Waals surface area contributed by atoms with Crippen LogP contribution < -0.4 is 4.90 Å². The number of anilines is 1. The molecule has 0 bridgehead atoms. The van der Waals surface area contributed by atoms with E-state index in [4.69, 9.17) is 4.74 Å². The fourth-order valence-corrected chi connectivity index (χ4v) is 2.93. The van der Waals surface area contributed by atoms with E-state index in [2.05, 4.69) is 4.98 Å². The minimum atomic E-state index is -0.469. The first-order chi connectivity index (χ1) is 10.8. The van der Waals surface area contributed by atoms with E-state index < -0.39 is 16.6 Å². The lowest BCUT2D eigenvalue weighted by Crippen LogP contribution is -2.56. The third-order valence-electron chi connectivity index (χ3n) is 3.87. The predicted octanol–water partition coefficient (Wildman–Crippen LogP) is 2.78. The van der Waals surface area contributed by atoms with Gasteiger partial charge in [0.05, 0.1) is 23.9 Å². The Balaban J connectivity index is 2.37. The smallest absolute Gasteiger partial charge is 0.411 e. The highest BCUT2D eigenvalue weighted by molar-refractivity contribution is 5.70. The fourth-order valence-electron chi connectivity index (χ4n) is 2.93. The Labute approximate surface area is 135 Å². The molecule has 2 heterocycles. The lowest BCUT2D eigenvalue weighted by Gasteiger charge is -2.43. The second kappa shape index (κ2) is 6.39. The van der Waals surface area contributed by atoms with Gasteiger partial charge in [-0.1, -0.05) is 0 Å². The Bertz CT molecular complexity index is 599. The number of pyridine rings is 1. The van der Waals surface area contributed by atoms with Crippen LogP contribution in [0.1, 0.15) is 33.6 Å². The summed E-state index contributed by atoms with van der Waals surface area (Å²) in [5.74, 6) is 0. The van der Waals surface area contributed by atoms with Crippen molar-refractivity contribution >= 4 is 17.5 Å². The summed E-state index contributed by atoms with van der Waals surface area (Å²) >= 11 is 0. The van der Waals surface area contributed by atoms with Gasteiger partial charge in [-0.2, -0.15) is 0 Å². The summed E-state index contributed by atoms with van der Waals surface area (Å²) in [5.41, 5.74) is 0.141. The number of amides is 1. The molecule has 8 nitrogen and oxygen atoms in total. The van der Waals surface area contributed by atoms with Crippen LogP contribution in [-0.4, -0.2) is 46.3 Å². The van der Waals surface area contributed by atoms with Gasteiger partial charge in [0.1, 0.15) is 12.4 Å². The predicted molar refractivity (Wildman–Crippen MR) is 85.3 cm³/mol. The van der Waals surface area contributed by atoms with Gasteiger partial charge in [0.25, 0.3) is 5.69 Å². The van der Waals surface area contributed by atoms with E-state index in [-0.39, 0.29) is 11.9 Å². The van der Waals surface area contributed by atoms with Crippen LogP contribution in [-0.2, 0) is 4.74 Å². The first-order valence-corrected chi connectivity index (χ1v) is 7.49. The maximum absolute atomic E-state index is 12.3. The first-order valence-electron chi connectivity index (χ1n) is 7.49. The Morgan fingerprint density at radius 1 is 1.48 bits per heavy atom. The van der Waals surface area contributed by atoms with Crippen molar-refractivity contribution in [1.29, 1.82) is 0 Å². The molecule has 0 spiro atoms. The topological polar surface area (TPSA) is 88.8 Å². The van der Waals surface area contributed by atoms with Crippen molar-refractivity contribution in [1.82, 2.24) is 9.88 Å². The summed E-state index contributed by atoms with van der Waals surface area (Å²) in [6.07, 6.45) is 3.84. The monoisotopic (exact) mass is 322 g/mol. The van der Waals surface area contributed by atoms with Gasteiger partial charge in [-0.15, -0.1) is 0 Å². The minimum absolute atomic E-state index is 0.0615. The zero-order valence-electron chi connectivity index (χ0n) is 13.9. The molecule has 1 aliphatic rings. The van der Waals surface area contributed by atoms with Crippen molar-refractivity contribution in [3.05, 3.63) is 28.6 Å². The summed E-state index contributed by atoms with van der Waals surface area (Å²) in [6.45, 7) is 6.52. The summed E-state index contributed by atoms with van der Waals surface area (Å²) in [7, 11) is 1.36. The largest absolute Gasteiger partial charge is 0.453 e. The van der Waals surface area contributed by atoms with Crippen LogP contribution in [0.5, 0.6) is 0 Å². The maximum atomic E-state index is 12.3. The van der Waals surface area contributed by atoms with Gasteiger partial charge in [-0.05, 0) is 33.6 Å². The summed E-state index contributed by atoms with van der Waals surface area (Å²) < 4.78 is 4.93.